The van der Waals surface area contributed by atoms with Crippen LogP contribution in [0.5, 0.6) is 11.5 Å². The van der Waals surface area contributed by atoms with Gasteiger partial charge < -0.3 is 24.3 Å². The molecule has 1 aromatic heterocycles. The number of aromatic nitrogens is 3. The Hall–Kier alpha value is -2.04. The molecule has 0 fully saturated rings. The molecule has 0 radical (unpaired) electrons. The molecule has 0 saturated carbocycles. The molecule has 0 unspecified atom stereocenters. The van der Waals surface area contributed by atoms with Crippen LogP contribution in [0, 0.1) is 6.92 Å². The number of benzene rings is 1. The second-order valence-corrected chi connectivity index (χ2v) is 6.27. The van der Waals surface area contributed by atoms with Crippen molar-refractivity contribution in [3.8, 4) is 11.5 Å². The predicted octanol–water partition coefficient (Wildman–Crippen LogP) is 1.89. The highest BCUT2D eigenvalue weighted by atomic mass is 127. The number of aliphatic imine (C=N–C) groups is 1. The van der Waals surface area contributed by atoms with Crippen LogP contribution in [0.15, 0.2) is 17.1 Å². The molecule has 0 bridgehead atoms. The number of rotatable bonds is 4. The second-order valence-electron chi connectivity index (χ2n) is 6.27. The molecule has 8 nitrogen and oxygen atoms in total. The van der Waals surface area contributed by atoms with Crippen LogP contribution in [-0.2, 0) is 26.6 Å². The summed E-state index contributed by atoms with van der Waals surface area (Å²) in [5, 5.41) is 11.7. The summed E-state index contributed by atoms with van der Waals surface area (Å²) in [5.41, 5.74) is 2.52. The third-order valence-electron chi connectivity index (χ3n) is 4.82. The van der Waals surface area contributed by atoms with Crippen LogP contribution in [0.3, 0.4) is 0 Å². The number of nitrogens with one attached hydrogen (secondary N) is 1. The summed E-state index contributed by atoms with van der Waals surface area (Å²) in [5.74, 6) is 4.16. The Bertz CT molecular complexity index is 820. The highest BCUT2D eigenvalue weighted by Crippen LogP contribution is 2.33. The fourth-order valence-corrected chi connectivity index (χ4v) is 3.16. The zero-order valence-corrected chi connectivity index (χ0v) is 18.8. The van der Waals surface area contributed by atoms with Gasteiger partial charge in [0.15, 0.2) is 23.3 Å². The van der Waals surface area contributed by atoms with Crippen molar-refractivity contribution in [2.24, 2.45) is 12.0 Å². The minimum absolute atomic E-state index is 0. The molecular weight excluding hydrogens is 459 g/mol. The summed E-state index contributed by atoms with van der Waals surface area (Å²) in [6, 6.07) is 4.13. The van der Waals surface area contributed by atoms with Crippen LogP contribution in [0.2, 0.25) is 0 Å². The molecule has 1 aromatic carbocycles. The molecule has 0 atom stereocenters. The summed E-state index contributed by atoms with van der Waals surface area (Å²) in [6.45, 7) is 4.18. The smallest absolute Gasteiger partial charge is 0.194 e. The van der Waals surface area contributed by atoms with Crippen molar-refractivity contribution in [1.82, 2.24) is 25.0 Å². The quantitative estimate of drug-likeness (QED) is 0.404. The lowest BCUT2D eigenvalue weighted by atomic mass is 9.99. The molecule has 0 spiro atoms. The molecule has 0 saturated heterocycles. The van der Waals surface area contributed by atoms with Crippen molar-refractivity contribution in [3.63, 3.8) is 0 Å². The van der Waals surface area contributed by atoms with Crippen LogP contribution in [0.4, 0.5) is 0 Å². The number of hydrogen-bond donors (Lipinski definition) is 1. The topological polar surface area (TPSA) is 76.8 Å². The average molecular weight is 486 g/mol. The van der Waals surface area contributed by atoms with Crippen LogP contribution in [0.1, 0.15) is 22.8 Å². The number of aryl methyl sites for hydroxylation is 1. The lowest BCUT2D eigenvalue weighted by Crippen LogP contribution is -2.44. The van der Waals surface area contributed by atoms with E-state index in [0.29, 0.717) is 6.54 Å². The summed E-state index contributed by atoms with van der Waals surface area (Å²) in [7, 11) is 7.09. The minimum atomic E-state index is 0. The summed E-state index contributed by atoms with van der Waals surface area (Å²) in [4.78, 5) is 6.66. The Balaban J connectivity index is 0.00000261. The molecule has 0 aliphatic carbocycles. The maximum absolute atomic E-state index is 5.44. The fourth-order valence-electron chi connectivity index (χ4n) is 3.16. The molecular formula is C18H27IN6O2. The zero-order valence-electron chi connectivity index (χ0n) is 16.4. The summed E-state index contributed by atoms with van der Waals surface area (Å²) in [6.07, 6.45) is 0.930. The number of ether oxygens (including phenoxy) is 2. The molecule has 1 aliphatic rings. The summed E-state index contributed by atoms with van der Waals surface area (Å²) < 4.78 is 12.8. The maximum Gasteiger partial charge on any atom is 0.194 e. The predicted molar refractivity (Wildman–Crippen MR) is 115 cm³/mol. The van der Waals surface area contributed by atoms with Gasteiger partial charge in [-0.25, -0.2) is 0 Å². The van der Waals surface area contributed by atoms with Gasteiger partial charge in [-0.3, -0.25) is 4.99 Å². The fraction of sp³-hybridized carbons (Fsp3) is 0.500. The van der Waals surface area contributed by atoms with Crippen molar-refractivity contribution in [2.45, 2.75) is 26.4 Å². The normalized spacial score (nSPS) is 13.7. The highest BCUT2D eigenvalue weighted by Gasteiger charge is 2.22. The van der Waals surface area contributed by atoms with Gasteiger partial charge in [0, 0.05) is 27.2 Å². The Morgan fingerprint density at radius 2 is 1.85 bits per heavy atom. The van der Waals surface area contributed by atoms with Crippen LogP contribution in [0.25, 0.3) is 0 Å². The molecule has 0 amide bonds. The third-order valence-corrected chi connectivity index (χ3v) is 4.82. The Kier molecular flexibility index (Phi) is 7.28. The molecule has 9 heteroatoms. The van der Waals surface area contributed by atoms with Gasteiger partial charge in [0.2, 0.25) is 0 Å². The molecule has 3 rings (SSSR count). The van der Waals surface area contributed by atoms with Gasteiger partial charge in [-0.2, -0.15) is 0 Å². The average Bonchev–Trinajstić information content (AvgIpc) is 2.99. The van der Waals surface area contributed by atoms with E-state index in [2.05, 4.69) is 37.5 Å². The van der Waals surface area contributed by atoms with Crippen molar-refractivity contribution < 1.29 is 9.47 Å². The number of halogens is 1. The molecule has 1 aliphatic heterocycles. The second kappa shape index (κ2) is 9.25. The number of guanidine groups is 1. The van der Waals surface area contributed by atoms with Crippen molar-refractivity contribution in [3.05, 3.63) is 34.9 Å². The van der Waals surface area contributed by atoms with Gasteiger partial charge in [0.1, 0.15) is 5.82 Å². The Morgan fingerprint density at radius 1 is 1.19 bits per heavy atom. The molecule has 2 heterocycles. The zero-order chi connectivity index (χ0) is 18.7. The number of hydrogen-bond acceptors (Lipinski definition) is 5. The van der Waals surface area contributed by atoms with Gasteiger partial charge in [-0.1, -0.05) is 0 Å². The largest absolute Gasteiger partial charge is 0.493 e. The highest BCUT2D eigenvalue weighted by molar-refractivity contribution is 14.0. The first-order valence-electron chi connectivity index (χ1n) is 8.61. The van der Waals surface area contributed by atoms with Crippen molar-refractivity contribution >= 4 is 29.9 Å². The lowest BCUT2D eigenvalue weighted by Gasteiger charge is -2.32. The Morgan fingerprint density at radius 3 is 2.41 bits per heavy atom. The number of nitrogens with zero attached hydrogens (tertiary/aromatic N) is 5. The third kappa shape index (κ3) is 4.45. The van der Waals surface area contributed by atoms with Gasteiger partial charge in [0.25, 0.3) is 0 Å². The maximum atomic E-state index is 5.44. The first-order chi connectivity index (χ1) is 12.6. The first-order valence-corrected chi connectivity index (χ1v) is 8.61. The van der Waals surface area contributed by atoms with Crippen LogP contribution >= 0.6 is 24.0 Å². The SMILES string of the molecule is CN=C(NCc1nnc(C)n1C)N1CCc2cc(OC)c(OC)cc2C1.I. The van der Waals surface area contributed by atoms with E-state index in [9.17, 15) is 0 Å². The van der Waals surface area contributed by atoms with Crippen LogP contribution < -0.4 is 14.8 Å². The van der Waals surface area contributed by atoms with Crippen LogP contribution in [-0.4, -0.2) is 53.4 Å². The number of methoxy groups -OCH3 is 2. The van der Waals surface area contributed by atoms with Crippen molar-refractivity contribution in [2.75, 3.05) is 27.8 Å². The lowest BCUT2D eigenvalue weighted by molar-refractivity contribution is 0.345. The minimum Gasteiger partial charge on any atom is -0.493 e. The molecule has 2 aromatic rings. The van der Waals surface area contributed by atoms with Gasteiger partial charge in [-0.15, -0.1) is 34.2 Å². The van der Waals surface area contributed by atoms with Gasteiger partial charge >= 0.3 is 0 Å². The molecule has 1 N–H and O–H groups in total. The van der Waals surface area contributed by atoms with E-state index in [1.165, 1.54) is 11.1 Å². The van der Waals surface area contributed by atoms with Gasteiger partial charge in [0.05, 0.1) is 20.8 Å². The first kappa shape index (κ1) is 21.3. The monoisotopic (exact) mass is 486 g/mol. The van der Waals surface area contributed by atoms with Gasteiger partial charge in [-0.05, 0) is 36.6 Å². The van der Waals surface area contributed by atoms with E-state index in [0.717, 1.165) is 48.6 Å². The van der Waals surface area contributed by atoms with E-state index in [4.69, 9.17) is 9.47 Å². The van der Waals surface area contributed by atoms with E-state index >= 15 is 0 Å². The van der Waals surface area contributed by atoms with E-state index < -0.39 is 0 Å². The van der Waals surface area contributed by atoms with E-state index in [-0.39, 0.29) is 24.0 Å². The number of fused-ring (bicyclic) bond motifs is 1. The molecule has 148 valence electrons. The van der Waals surface area contributed by atoms with E-state index in [1.54, 1.807) is 21.3 Å². The standard InChI is InChI=1S/C18H26N6O2.HI/c1-12-21-22-17(23(12)3)10-20-18(19-2)24-7-6-13-8-15(25-4)16(26-5)9-14(13)11-24;/h8-9H,6-7,10-11H2,1-5H3,(H,19,20);1H. The summed E-state index contributed by atoms with van der Waals surface area (Å²) >= 11 is 0. The van der Waals surface area contributed by atoms with Crippen molar-refractivity contribution in [1.29, 1.82) is 0 Å². The van der Waals surface area contributed by atoms with E-state index in [1.807, 2.05) is 18.5 Å². The molecule has 27 heavy (non-hydrogen) atoms. The Labute approximate surface area is 177 Å².